The predicted molar refractivity (Wildman–Crippen MR) is 136 cm³/mol. The van der Waals surface area contributed by atoms with Gasteiger partial charge in [0.15, 0.2) is 0 Å². The molecule has 0 saturated carbocycles. The molecule has 8 heteroatoms. The highest BCUT2D eigenvalue weighted by molar-refractivity contribution is 4.67. The lowest BCUT2D eigenvalue weighted by molar-refractivity contribution is 0.204. The Morgan fingerprint density at radius 2 is 1.00 bits per heavy atom. The molecule has 0 unspecified atom stereocenters. The Morgan fingerprint density at radius 3 is 1.40 bits per heavy atom. The van der Waals surface area contributed by atoms with Gasteiger partial charge in [-0.2, -0.15) is 0 Å². The van der Waals surface area contributed by atoms with Gasteiger partial charge in [-0.05, 0) is 25.9 Å². The molecule has 0 aromatic rings. The van der Waals surface area contributed by atoms with Crippen LogP contribution in [0.15, 0.2) is 0 Å². The normalized spacial score (nSPS) is 10.8. The van der Waals surface area contributed by atoms with Crippen molar-refractivity contribution < 1.29 is 0 Å². The molecule has 8 nitrogen and oxygen atoms in total. The lowest BCUT2D eigenvalue weighted by atomic mass is 10.2. The van der Waals surface area contributed by atoms with Crippen molar-refractivity contribution in [2.45, 2.75) is 53.4 Å². The number of hydrogen-bond donors (Lipinski definition) is 6. The summed E-state index contributed by atoms with van der Waals surface area (Å²) in [7, 11) is 0. The third-order valence-electron chi connectivity index (χ3n) is 4.65. The molecule has 0 aliphatic carbocycles. The summed E-state index contributed by atoms with van der Waals surface area (Å²) in [5.74, 6) is 0. The molecule has 0 aliphatic heterocycles. The Kier molecular flexibility index (Phi) is 35.3. The first-order valence-corrected chi connectivity index (χ1v) is 11.9. The Balaban J connectivity index is -0.00000133. The molecule has 0 bridgehead atoms. The average molecular weight is 435 g/mol. The van der Waals surface area contributed by atoms with E-state index in [1.165, 1.54) is 32.2 Å². The second-order valence-corrected chi connectivity index (χ2v) is 7.40. The van der Waals surface area contributed by atoms with Crippen molar-refractivity contribution in [3.8, 4) is 0 Å². The first-order chi connectivity index (χ1) is 14.2. The highest BCUT2D eigenvalue weighted by atomic mass is 15.2. The predicted octanol–water partition coefficient (Wildman–Crippen LogP) is 0.217. The molecule has 0 heterocycles. The van der Waals surface area contributed by atoms with Crippen LogP contribution < -0.4 is 33.6 Å². The van der Waals surface area contributed by atoms with Gasteiger partial charge < -0.3 is 38.5 Å². The molecule has 0 amide bonds. The van der Waals surface area contributed by atoms with Crippen molar-refractivity contribution in [2.75, 3.05) is 91.6 Å². The highest BCUT2D eigenvalue weighted by Gasteiger charge is 2.09. The molecule has 0 fully saturated rings. The summed E-state index contributed by atoms with van der Waals surface area (Å²) in [6.07, 6.45) is 6.33. The Labute approximate surface area is 188 Å². The monoisotopic (exact) mass is 434 g/mol. The lowest BCUT2D eigenvalue weighted by Crippen LogP contribution is -2.43. The van der Waals surface area contributed by atoms with E-state index >= 15 is 0 Å². The van der Waals surface area contributed by atoms with Gasteiger partial charge in [0.2, 0.25) is 0 Å². The minimum absolute atomic E-state index is 0. The Hall–Kier alpha value is -0.320. The molecular formula is C22H58N8. The van der Waals surface area contributed by atoms with E-state index in [0.29, 0.717) is 13.1 Å². The van der Waals surface area contributed by atoms with Crippen LogP contribution in [0, 0.1) is 0 Å². The quantitative estimate of drug-likeness (QED) is 0.141. The fourth-order valence-electron chi connectivity index (χ4n) is 2.83. The van der Waals surface area contributed by atoms with Crippen LogP contribution in [0.4, 0.5) is 0 Å². The number of rotatable bonds is 21. The number of nitrogens with zero attached hydrogens (tertiary/aromatic N) is 2. The topological polar surface area (TPSA) is 135 Å². The van der Waals surface area contributed by atoms with Crippen molar-refractivity contribution in [3.05, 3.63) is 0 Å². The van der Waals surface area contributed by atoms with Gasteiger partial charge in [-0.3, -0.25) is 4.90 Å². The molecule has 30 heavy (non-hydrogen) atoms. The smallest absolute Gasteiger partial charge is 0.0110 e. The van der Waals surface area contributed by atoms with Crippen LogP contribution in [-0.4, -0.2) is 101 Å². The summed E-state index contributed by atoms with van der Waals surface area (Å²) in [4.78, 5) is 5.03. The van der Waals surface area contributed by atoms with E-state index in [-0.39, 0.29) is 7.43 Å². The van der Waals surface area contributed by atoms with Crippen molar-refractivity contribution >= 4 is 0 Å². The number of nitrogens with one attached hydrogen (secondary N) is 2. The van der Waals surface area contributed by atoms with Crippen LogP contribution in [0.1, 0.15) is 53.4 Å². The molecule has 0 aromatic carbocycles. The number of nitrogens with two attached hydrogens (primary N) is 4. The molecule has 0 spiro atoms. The van der Waals surface area contributed by atoms with E-state index in [1.54, 1.807) is 0 Å². The first-order valence-electron chi connectivity index (χ1n) is 11.9. The summed E-state index contributed by atoms with van der Waals surface area (Å²) in [6.45, 7) is 17.5. The second kappa shape index (κ2) is 30.9. The average Bonchev–Trinajstić information content (AvgIpc) is 2.74. The standard InChI is InChI=1S/C18H45N7.C3H9N.CH4/c1-2-3-4-5-13-24(14-8-21)17-18-25(15-11-22-9-6-19)16-12-23-10-7-20;1-2-3-4;/h22-23H,2-21H2,1H3;2-4H2,1H3;1H4. The van der Waals surface area contributed by atoms with E-state index < -0.39 is 0 Å². The maximum atomic E-state index is 5.79. The zero-order valence-corrected chi connectivity index (χ0v) is 19.6. The Bertz CT molecular complexity index is 268. The fourth-order valence-corrected chi connectivity index (χ4v) is 2.83. The van der Waals surface area contributed by atoms with Crippen LogP contribution in [0.25, 0.3) is 0 Å². The van der Waals surface area contributed by atoms with Gasteiger partial charge in [0, 0.05) is 78.5 Å². The van der Waals surface area contributed by atoms with Gasteiger partial charge in [0.1, 0.15) is 0 Å². The first kappa shape index (κ1) is 34.3. The Morgan fingerprint density at radius 1 is 0.500 bits per heavy atom. The van der Waals surface area contributed by atoms with Gasteiger partial charge in [-0.25, -0.2) is 0 Å². The maximum Gasteiger partial charge on any atom is 0.0110 e. The highest BCUT2D eigenvalue weighted by Crippen LogP contribution is 2.01. The minimum Gasteiger partial charge on any atom is -0.330 e. The summed E-state index contributed by atoms with van der Waals surface area (Å²) < 4.78 is 0. The molecule has 0 atom stereocenters. The molecule has 0 aliphatic rings. The summed E-state index contributed by atoms with van der Waals surface area (Å²) >= 11 is 0. The van der Waals surface area contributed by atoms with E-state index in [0.717, 1.165) is 78.4 Å². The van der Waals surface area contributed by atoms with Crippen molar-refractivity contribution in [1.82, 2.24) is 20.4 Å². The largest absolute Gasteiger partial charge is 0.330 e. The van der Waals surface area contributed by atoms with E-state index in [1.807, 2.05) is 0 Å². The summed E-state index contributed by atoms with van der Waals surface area (Å²) in [5, 5.41) is 6.78. The van der Waals surface area contributed by atoms with Crippen LogP contribution >= 0.6 is 0 Å². The maximum absolute atomic E-state index is 5.79. The van der Waals surface area contributed by atoms with E-state index in [2.05, 4.69) is 34.3 Å². The fraction of sp³-hybridized carbons (Fsp3) is 1.00. The van der Waals surface area contributed by atoms with Crippen molar-refractivity contribution in [3.63, 3.8) is 0 Å². The molecule has 186 valence electrons. The number of unbranched alkanes of at least 4 members (excludes halogenated alkanes) is 3. The lowest BCUT2D eigenvalue weighted by Gasteiger charge is -2.28. The van der Waals surface area contributed by atoms with Gasteiger partial charge >= 0.3 is 0 Å². The van der Waals surface area contributed by atoms with Crippen molar-refractivity contribution in [1.29, 1.82) is 0 Å². The molecule has 0 aromatic heterocycles. The SMILES string of the molecule is C.CCCCCCN(CCN)CCN(CCNCCN)CCNCCN.CCCN. The molecule has 0 rings (SSSR count). The summed E-state index contributed by atoms with van der Waals surface area (Å²) in [6, 6.07) is 0. The van der Waals surface area contributed by atoms with Crippen LogP contribution in [0.2, 0.25) is 0 Å². The van der Waals surface area contributed by atoms with Crippen LogP contribution in [-0.2, 0) is 0 Å². The molecule has 0 saturated heterocycles. The van der Waals surface area contributed by atoms with E-state index in [9.17, 15) is 0 Å². The third kappa shape index (κ3) is 27.7. The van der Waals surface area contributed by atoms with Gasteiger partial charge in [-0.1, -0.05) is 40.5 Å². The zero-order chi connectivity index (χ0) is 22.0. The van der Waals surface area contributed by atoms with Gasteiger partial charge in [-0.15, -0.1) is 0 Å². The molecule has 0 radical (unpaired) electrons. The second-order valence-electron chi connectivity index (χ2n) is 7.40. The van der Waals surface area contributed by atoms with Gasteiger partial charge in [0.05, 0.1) is 0 Å². The van der Waals surface area contributed by atoms with Gasteiger partial charge in [0.25, 0.3) is 0 Å². The summed E-state index contributed by atoms with van der Waals surface area (Å²) in [5.41, 5.74) is 21.9. The third-order valence-corrected chi connectivity index (χ3v) is 4.65. The molecular weight excluding hydrogens is 376 g/mol. The van der Waals surface area contributed by atoms with Crippen LogP contribution in [0.3, 0.4) is 0 Å². The van der Waals surface area contributed by atoms with Crippen molar-refractivity contribution in [2.24, 2.45) is 22.9 Å². The van der Waals surface area contributed by atoms with E-state index in [4.69, 9.17) is 22.9 Å². The number of hydrogen-bond acceptors (Lipinski definition) is 8. The minimum atomic E-state index is 0. The molecule has 10 N–H and O–H groups in total. The van der Waals surface area contributed by atoms with Crippen LogP contribution in [0.5, 0.6) is 0 Å². The zero-order valence-electron chi connectivity index (χ0n) is 19.6.